The van der Waals surface area contributed by atoms with Crippen LogP contribution in [-0.2, 0) is 0 Å². The Hall–Kier alpha value is -2.29. The van der Waals surface area contributed by atoms with Gasteiger partial charge in [0.25, 0.3) is 0 Å². The number of methoxy groups -OCH3 is 1. The van der Waals surface area contributed by atoms with Crippen LogP contribution in [0.3, 0.4) is 0 Å². The molecule has 3 nitrogen and oxygen atoms in total. The third kappa shape index (κ3) is 2.51. The van der Waals surface area contributed by atoms with Crippen LogP contribution in [0.2, 0.25) is 0 Å². The van der Waals surface area contributed by atoms with Crippen LogP contribution in [0.15, 0.2) is 42.7 Å². The lowest BCUT2D eigenvalue weighted by molar-refractivity contribution is 0.416. The number of rotatable bonds is 3. The third-order valence-corrected chi connectivity index (χ3v) is 3.77. The van der Waals surface area contributed by atoms with Crippen molar-refractivity contribution in [2.75, 3.05) is 7.11 Å². The second-order valence-electron chi connectivity index (χ2n) is 5.71. The van der Waals surface area contributed by atoms with E-state index in [0.717, 1.165) is 22.7 Å². The number of benzene rings is 1. The highest BCUT2D eigenvalue weighted by Gasteiger charge is 2.12. The molecular formula is C18H20N2O. The van der Waals surface area contributed by atoms with Gasteiger partial charge in [0.1, 0.15) is 11.4 Å². The summed E-state index contributed by atoms with van der Waals surface area (Å²) in [6.45, 7) is 6.47. The number of hydrogen-bond donors (Lipinski definition) is 0. The summed E-state index contributed by atoms with van der Waals surface area (Å²) in [5.41, 5.74) is 5.45. The van der Waals surface area contributed by atoms with Crippen LogP contribution in [0.25, 0.3) is 16.9 Å². The first-order valence-electron chi connectivity index (χ1n) is 7.22. The molecule has 0 saturated heterocycles. The summed E-state index contributed by atoms with van der Waals surface area (Å²) in [6, 6.07) is 10.4. The van der Waals surface area contributed by atoms with Gasteiger partial charge in [-0.05, 0) is 42.2 Å². The number of aryl methyl sites for hydroxylation is 1. The largest absolute Gasteiger partial charge is 0.496 e. The van der Waals surface area contributed by atoms with Crippen LogP contribution >= 0.6 is 0 Å². The zero-order chi connectivity index (χ0) is 15.0. The minimum absolute atomic E-state index is 0.480. The number of aromatic nitrogens is 2. The average Bonchev–Trinajstić information content (AvgIpc) is 2.89. The van der Waals surface area contributed by atoms with Gasteiger partial charge in [-0.3, -0.25) is 0 Å². The van der Waals surface area contributed by atoms with E-state index in [1.165, 1.54) is 11.1 Å². The monoisotopic (exact) mass is 280 g/mol. The average molecular weight is 280 g/mol. The molecule has 0 bridgehead atoms. The smallest absolute Gasteiger partial charge is 0.137 e. The molecule has 1 aromatic carbocycles. The van der Waals surface area contributed by atoms with E-state index in [2.05, 4.69) is 55.8 Å². The number of nitrogens with zero attached hydrogens (tertiary/aromatic N) is 2. The first-order chi connectivity index (χ1) is 10.1. The number of fused-ring (bicyclic) bond motifs is 1. The maximum Gasteiger partial charge on any atom is 0.137 e. The van der Waals surface area contributed by atoms with Crippen LogP contribution in [0, 0.1) is 6.92 Å². The molecule has 3 rings (SSSR count). The highest BCUT2D eigenvalue weighted by molar-refractivity contribution is 5.70. The fourth-order valence-electron chi connectivity index (χ4n) is 2.52. The topological polar surface area (TPSA) is 26.5 Å². The van der Waals surface area contributed by atoms with Crippen molar-refractivity contribution in [1.82, 2.24) is 9.38 Å². The zero-order valence-corrected chi connectivity index (χ0v) is 12.9. The molecule has 0 amide bonds. The van der Waals surface area contributed by atoms with Gasteiger partial charge in [0.2, 0.25) is 0 Å². The van der Waals surface area contributed by atoms with Crippen LogP contribution in [-0.4, -0.2) is 16.5 Å². The van der Waals surface area contributed by atoms with Crippen molar-refractivity contribution in [3.63, 3.8) is 0 Å². The van der Waals surface area contributed by atoms with E-state index in [1.54, 1.807) is 7.11 Å². The number of hydrogen-bond acceptors (Lipinski definition) is 2. The Labute approximate surface area is 125 Å². The summed E-state index contributed by atoms with van der Waals surface area (Å²) < 4.78 is 7.57. The molecule has 0 atom stereocenters. The maximum absolute atomic E-state index is 5.50. The lowest BCUT2D eigenvalue weighted by Crippen LogP contribution is -1.92. The molecule has 0 spiro atoms. The molecule has 2 aromatic heterocycles. The Morgan fingerprint density at radius 1 is 1.10 bits per heavy atom. The van der Waals surface area contributed by atoms with Crippen LogP contribution in [0.4, 0.5) is 0 Å². The third-order valence-electron chi connectivity index (χ3n) is 3.77. The van der Waals surface area contributed by atoms with Gasteiger partial charge in [-0.15, -0.1) is 0 Å². The molecule has 0 aliphatic heterocycles. The van der Waals surface area contributed by atoms with Crippen LogP contribution in [0.5, 0.6) is 5.75 Å². The van der Waals surface area contributed by atoms with Crippen molar-refractivity contribution in [3.8, 4) is 17.0 Å². The van der Waals surface area contributed by atoms with Gasteiger partial charge >= 0.3 is 0 Å². The maximum atomic E-state index is 5.50. The highest BCUT2D eigenvalue weighted by atomic mass is 16.5. The van der Waals surface area contributed by atoms with E-state index in [-0.39, 0.29) is 0 Å². The fourth-order valence-corrected chi connectivity index (χ4v) is 2.52. The molecule has 3 aromatic rings. The first-order valence-corrected chi connectivity index (χ1v) is 7.22. The molecule has 21 heavy (non-hydrogen) atoms. The molecule has 2 heterocycles. The Morgan fingerprint density at radius 3 is 2.62 bits per heavy atom. The van der Waals surface area contributed by atoms with Crippen molar-refractivity contribution in [3.05, 3.63) is 53.9 Å². The molecule has 0 N–H and O–H groups in total. The standard InChI is InChI=1S/C18H20N2O/c1-12(2)14-6-7-17(21-4)15(9-14)16-11-20-10-13(3)5-8-18(20)19-16/h5-12H,1-4H3. The van der Waals surface area contributed by atoms with Crippen LogP contribution in [0.1, 0.15) is 30.9 Å². The van der Waals surface area contributed by atoms with Gasteiger partial charge in [0, 0.05) is 18.0 Å². The molecule has 108 valence electrons. The Kier molecular flexibility index (Phi) is 3.42. The summed E-state index contributed by atoms with van der Waals surface area (Å²) >= 11 is 0. The van der Waals surface area contributed by atoms with E-state index < -0.39 is 0 Å². The summed E-state index contributed by atoms with van der Waals surface area (Å²) in [5, 5.41) is 0. The quantitative estimate of drug-likeness (QED) is 0.709. The summed E-state index contributed by atoms with van der Waals surface area (Å²) in [7, 11) is 1.70. The van der Waals surface area contributed by atoms with Crippen molar-refractivity contribution >= 4 is 5.65 Å². The molecule has 0 aliphatic carbocycles. The van der Waals surface area contributed by atoms with Crippen molar-refractivity contribution < 1.29 is 4.74 Å². The zero-order valence-electron chi connectivity index (χ0n) is 12.9. The lowest BCUT2D eigenvalue weighted by Gasteiger charge is -2.11. The summed E-state index contributed by atoms with van der Waals surface area (Å²) in [5.74, 6) is 1.34. The second-order valence-corrected chi connectivity index (χ2v) is 5.71. The first kappa shape index (κ1) is 13.7. The minimum atomic E-state index is 0.480. The van der Waals surface area contributed by atoms with Gasteiger partial charge in [-0.1, -0.05) is 26.0 Å². The molecular weight excluding hydrogens is 260 g/mol. The number of pyridine rings is 1. The van der Waals surface area contributed by atoms with E-state index >= 15 is 0 Å². The van der Waals surface area contributed by atoms with E-state index in [1.807, 2.05) is 12.1 Å². The SMILES string of the molecule is COc1ccc(C(C)C)cc1-c1cn2cc(C)ccc2n1. The Bertz CT molecular complexity index is 787. The fraction of sp³-hybridized carbons (Fsp3) is 0.278. The summed E-state index contributed by atoms with van der Waals surface area (Å²) in [6.07, 6.45) is 4.15. The van der Waals surface area contributed by atoms with Gasteiger partial charge in [0.15, 0.2) is 0 Å². The van der Waals surface area contributed by atoms with Crippen molar-refractivity contribution in [2.45, 2.75) is 26.7 Å². The van der Waals surface area contributed by atoms with Gasteiger partial charge in [0.05, 0.1) is 12.8 Å². The summed E-state index contributed by atoms with van der Waals surface area (Å²) in [4.78, 5) is 4.72. The molecule has 0 fully saturated rings. The van der Waals surface area contributed by atoms with E-state index in [9.17, 15) is 0 Å². The van der Waals surface area contributed by atoms with Crippen molar-refractivity contribution in [1.29, 1.82) is 0 Å². The molecule has 3 heteroatoms. The lowest BCUT2D eigenvalue weighted by atomic mass is 9.99. The van der Waals surface area contributed by atoms with Crippen LogP contribution < -0.4 is 4.74 Å². The predicted octanol–water partition coefficient (Wildman–Crippen LogP) is 4.44. The minimum Gasteiger partial charge on any atom is -0.496 e. The second kappa shape index (κ2) is 5.24. The van der Waals surface area contributed by atoms with E-state index in [0.29, 0.717) is 5.92 Å². The number of ether oxygens (including phenoxy) is 1. The molecule has 0 unspecified atom stereocenters. The van der Waals surface area contributed by atoms with Crippen molar-refractivity contribution in [2.24, 2.45) is 0 Å². The van der Waals surface area contributed by atoms with Gasteiger partial charge in [-0.25, -0.2) is 4.98 Å². The van der Waals surface area contributed by atoms with E-state index in [4.69, 9.17) is 9.72 Å². The van der Waals surface area contributed by atoms with Gasteiger partial charge in [-0.2, -0.15) is 0 Å². The number of imidazole rings is 1. The molecule has 0 saturated carbocycles. The van der Waals surface area contributed by atoms with Gasteiger partial charge < -0.3 is 9.14 Å². The molecule has 0 aliphatic rings. The normalized spacial score (nSPS) is 11.3. The molecule has 0 radical (unpaired) electrons. The Morgan fingerprint density at radius 2 is 1.90 bits per heavy atom. The predicted molar refractivity (Wildman–Crippen MR) is 86.0 cm³/mol. The highest BCUT2D eigenvalue weighted by Crippen LogP contribution is 2.32. The Balaban J connectivity index is 2.18.